The van der Waals surface area contributed by atoms with Gasteiger partial charge in [0.05, 0.1) is 9.88 Å². The highest BCUT2D eigenvalue weighted by molar-refractivity contribution is 7.19. The summed E-state index contributed by atoms with van der Waals surface area (Å²) in [5.74, 6) is 0. The quantitative estimate of drug-likeness (QED) is 0.249. The van der Waals surface area contributed by atoms with Crippen molar-refractivity contribution < 1.29 is 4.79 Å². The van der Waals surface area contributed by atoms with Crippen molar-refractivity contribution in [2.75, 3.05) is 5.73 Å². The SMILES string of the molecule is C=CCC(NC1CCCCC1)c1c(-c2ccccc2)sc(N)c1C1(Cl)C=CC(C=O)=CC1. The number of allylic oxidation sites excluding steroid dienone is 4. The number of thiophene rings is 1. The van der Waals surface area contributed by atoms with Crippen molar-refractivity contribution in [3.63, 3.8) is 0 Å². The smallest absolute Gasteiger partial charge is 0.149 e. The molecular weight excluding hydrogens is 436 g/mol. The van der Waals surface area contributed by atoms with Gasteiger partial charge in [0, 0.05) is 28.1 Å². The van der Waals surface area contributed by atoms with Crippen LogP contribution in [0.4, 0.5) is 5.00 Å². The summed E-state index contributed by atoms with van der Waals surface area (Å²) in [6.07, 6.45) is 16.1. The van der Waals surface area contributed by atoms with Crippen molar-refractivity contribution in [1.29, 1.82) is 0 Å². The van der Waals surface area contributed by atoms with Gasteiger partial charge in [0.15, 0.2) is 0 Å². The summed E-state index contributed by atoms with van der Waals surface area (Å²) in [4.78, 5) is 11.6. The Morgan fingerprint density at radius 3 is 2.62 bits per heavy atom. The molecule has 2 aliphatic carbocycles. The van der Waals surface area contributed by atoms with Crippen LogP contribution < -0.4 is 11.1 Å². The number of hydrogen-bond acceptors (Lipinski definition) is 4. The van der Waals surface area contributed by atoms with Crippen molar-refractivity contribution in [2.45, 2.75) is 61.9 Å². The molecule has 168 valence electrons. The van der Waals surface area contributed by atoms with Gasteiger partial charge in [0.25, 0.3) is 0 Å². The maximum Gasteiger partial charge on any atom is 0.149 e. The second kappa shape index (κ2) is 10.2. The number of nitrogens with one attached hydrogen (secondary N) is 1. The summed E-state index contributed by atoms with van der Waals surface area (Å²) in [7, 11) is 0. The van der Waals surface area contributed by atoms with Crippen molar-refractivity contribution >= 4 is 34.2 Å². The molecule has 0 amide bonds. The maximum absolute atomic E-state index is 11.2. The summed E-state index contributed by atoms with van der Waals surface area (Å²) in [6.45, 7) is 4.05. The Bertz CT molecular complexity index is 1020. The van der Waals surface area contributed by atoms with Crippen LogP contribution in [0.25, 0.3) is 10.4 Å². The topological polar surface area (TPSA) is 55.1 Å². The zero-order valence-electron chi connectivity index (χ0n) is 18.4. The number of rotatable bonds is 8. The standard InChI is InChI=1S/C27H31ClN2OS/c1-2-9-22(30-21-12-7-4-8-13-21)23-24(27(28)16-14-19(18-31)15-17-27)26(29)32-25(23)20-10-5-3-6-11-20/h2-3,5-6,10-11,14-16,18,21-22,30H,1,4,7-9,12-13,17,29H2. The Labute approximate surface area is 200 Å². The van der Waals surface area contributed by atoms with E-state index in [-0.39, 0.29) is 6.04 Å². The van der Waals surface area contributed by atoms with Gasteiger partial charge in [-0.25, -0.2) is 0 Å². The Morgan fingerprint density at radius 1 is 1.25 bits per heavy atom. The largest absolute Gasteiger partial charge is 0.390 e. The molecule has 2 aromatic rings. The number of alkyl halides is 1. The molecule has 0 bridgehead atoms. The van der Waals surface area contributed by atoms with Gasteiger partial charge in [-0.2, -0.15) is 0 Å². The van der Waals surface area contributed by atoms with Crippen molar-refractivity contribution in [2.24, 2.45) is 0 Å². The van der Waals surface area contributed by atoms with E-state index in [0.717, 1.165) is 33.7 Å². The van der Waals surface area contributed by atoms with Crippen LogP contribution in [0.15, 0.2) is 66.8 Å². The molecule has 1 heterocycles. The number of nitrogens with two attached hydrogens (primary N) is 1. The average molecular weight is 467 g/mol. The molecular formula is C27H31ClN2OS. The Hall–Kier alpha value is -2.14. The van der Waals surface area contributed by atoms with E-state index in [1.165, 1.54) is 37.7 Å². The van der Waals surface area contributed by atoms with Crippen LogP contribution in [-0.2, 0) is 9.67 Å². The number of halogens is 1. The summed E-state index contributed by atoms with van der Waals surface area (Å²) < 4.78 is 0. The molecule has 1 aromatic heterocycles. The number of hydrogen-bond donors (Lipinski definition) is 2. The number of anilines is 1. The second-order valence-corrected chi connectivity index (χ2v) is 10.5. The monoisotopic (exact) mass is 466 g/mol. The molecule has 1 aromatic carbocycles. The third-order valence-electron chi connectivity index (χ3n) is 6.53. The number of nitrogen functional groups attached to an aromatic ring is 1. The Balaban J connectivity index is 1.83. The minimum Gasteiger partial charge on any atom is -0.390 e. The average Bonchev–Trinajstić information content (AvgIpc) is 3.18. The first kappa shape index (κ1) is 23.0. The van der Waals surface area contributed by atoms with Crippen LogP contribution >= 0.6 is 22.9 Å². The molecule has 4 rings (SSSR count). The van der Waals surface area contributed by atoms with Crippen LogP contribution in [0.5, 0.6) is 0 Å². The number of aldehydes is 1. The van der Waals surface area contributed by atoms with Crippen molar-refractivity contribution in [1.82, 2.24) is 5.32 Å². The van der Waals surface area contributed by atoms with E-state index in [9.17, 15) is 4.79 Å². The highest BCUT2D eigenvalue weighted by atomic mass is 35.5. The van der Waals surface area contributed by atoms with E-state index in [1.54, 1.807) is 11.3 Å². The first-order chi connectivity index (χ1) is 15.6. The van der Waals surface area contributed by atoms with Gasteiger partial charge in [-0.05, 0) is 36.8 Å². The van der Waals surface area contributed by atoms with Gasteiger partial charge in [-0.3, -0.25) is 4.79 Å². The van der Waals surface area contributed by atoms with E-state index in [0.29, 0.717) is 18.0 Å². The van der Waals surface area contributed by atoms with Crippen LogP contribution in [0.1, 0.15) is 62.1 Å². The molecule has 32 heavy (non-hydrogen) atoms. The molecule has 3 nitrogen and oxygen atoms in total. The third-order valence-corrected chi connectivity index (χ3v) is 8.08. The van der Waals surface area contributed by atoms with E-state index in [4.69, 9.17) is 17.3 Å². The van der Waals surface area contributed by atoms with Gasteiger partial charge in [-0.15, -0.1) is 29.5 Å². The minimum absolute atomic E-state index is 0.0785. The van der Waals surface area contributed by atoms with E-state index in [1.807, 2.05) is 30.4 Å². The van der Waals surface area contributed by atoms with Crippen LogP contribution in [0.3, 0.4) is 0 Å². The van der Waals surface area contributed by atoms with Crippen LogP contribution in [0.2, 0.25) is 0 Å². The lowest BCUT2D eigenvalue weighted by atomic mass is 9.83. The molecule has 0 aliphatic heterocycles. The van der Waals surface area contributed by atoms with Crippen LogP contribution in [0, 0.1) is 0 Å². The zero-order chi connectivity index (χ0) is 22.6. The van der Waals surface area contributed by atoms with Crippen molar-refractivity contribution in [3.8, 4) is 10.4 Å². The number of benzene rings is 1. The van der Waals surface area contributed by atoms with E-state index in [2.05, 4.69) is 36.2 Å². The van der Waals surface area contributed by atoms with E-state index >= 15 is 0 Å². The van der Waals surface area contributed by atoms with Gasteiger partial charge in [0.2, 0.25) is 0 Å². The first-order valence-corrected chi connectivity index (χ1v) is 12.6. The normalized spacial score (nSPS) is 22.3. The Kier molecular flexibility index (Phi) is 7.34. The van der Waals surface area contributed by atoms with Crippen LogP contribution in [-0.4, -0.2) is 12.3 Å². The minimum atomic E-state index is -0.775. The van der Waals surface area contributed by atoms with Gasteiger partial charge >= 0.3 is 0 Å². The lowest BCUT2D eigenvalue weighted by Crippen LogP contribution is -2.35. The molecule has 2 unspecified atom stereocenters. The molecule has 0 radical (unpaired) electrons. The summed E-state index contributed by atoms with van der Waals surface area (Å²) in [5, 5.41) is 4.68. The molecule has 2 aliphatic rings. The molecule has 5 heteroatoms. The number of carbonyl (C=O) groups excluding carboxylic acids is 1. The fourth-order valence-electron chi connectivity index (χ4n) is 4.92. The fraction of sp³-hybridized carbons (Fsp3) is 0.370. The predicted octanol–water partition coefficient (Wildman–Crippen LogP) is 7.06. The van der Waals surface area contributed by atoms with Crippen molar-refractivity contribution in [3.05, 3.63) is 77.9 Å². The highest BCUT2D eigenvalue weighted by Crippen LogP contribution is 2.52. The molecule has 1 saturated carbocycles. The zero-order valence-corrected chi connectivity index (χ0v) is 19.9. The second-order valence-electron chi connectivity index (χ2n) is 8.75. The molecule has 0 saturated heterocycles. The van der Waals surface area contributed by atoms with E-state index < -0.39 is 4.87 Å². The highest BCUT2D eigenvalue weighted by Gasteiger charge is 2.38. The fourth-order valence-corrected chi connectivity index (χ4v) is 6.54. The lowest BCUT2D eigenvalue weighted by Gasteiger charge is -2.32. The van der Waals surface area contributed by atoms with Gasteiger partial charge < -0.3 is 11.1 Å². The predicted molar refractivity (Wildman–Crippen MR) is 137 cm³/mol. The molecule has 0 spiro atoms. The summed E-state index contributed by atoms with van der Waals surface area (Å²) >= 11 is 8.85. The number of carbonyl (C=O) groups is 1. The molecule has 3 N–H and O–H groups in total. The maximum atomic E-state index is 11.2. The van der Waals surface area contributed by atoms with Gasteiger partial charge in [-0.1, -0.05) is 73.9 Å². The third kappa shape index (κ3) is 4.78. The summed E-state index contributed by atoms with van der Waals surface area (Å²) in [6, 6.07) is 11.0. The Morgan fingerprint density at radius 2 is 2.00 bits per heavy atom. The molecule has 2 atom stereocenters. The first-order valence-electron chi connectivity index (χ1n) is 11.4. The van der Waals surface area contributed by atoms with Gasteiger partial charge in [0.1, 0.15) is 6.29 Å². The lowest BCUT2D eigenvalue weighted by molar-refractivity contribution is -0.104. The molecule has 1 fully saturated rings. The summed E-state index contributed by atoms with van der Waals surface area (Å²) in [5.41, 5.74) is 10.6.